The highest BCUT2D eigenvalue weighted by molar-refractivity contribution is 7.98. The van der Waals surface area contributed by atoms with E-state index in [1.165, 1.54) is 0 Å². The summed E-state index contributed by atoms with van der Waals surface area (Å²) in [5, 5.41) is 3.24. The maximum Gasteiger partial charge on any atom is 0.291 e. The number of nitrogens with one attached hydrogen (secondary N) is 1. The van der Waals surface area contributed by atoms with Gasteiger partial charge in [-0.2, -0.15) is 0 Å². The number of hydrogen-bond acceptors (Lipinski definition) is 3. The molecule has 2 aromatic carbocycles. The van der Waals surface area contributed by atoms with Crippen LogP contribution >= 0.6 is 23.4 Å². The van der Waals surface area contributed by atoms with Crippen LogP contribution in [0.5, 0.6) is 0 Å². The number of furan rings is 1. The van der Waals surface area contributed by atoms with E-state index in [-0.39, 0.29) is 11.7 Å². The third-order valence-corrected chi connectivity index (χ3v) is 4.50. The standard InChI is InChI=1S/C18H14ClNO2S/c19-15-8-4-5-9-16(15)20-18(21)17-11-10-13(22-17)12-23-14-6-2-1-3-7-14/h1-11H,12H2,(H,20,21). The molecule has 1 heterocycles. The van der Waals surface area contributed by atoms with Gasteiger partial charge < -0.3 is 9.73 Å². The van der Waals surface area contributed by atoms with E-state index in [2.05, 4.69) is 5.32 Å². The molecule has 0 bridgehead atoms. The third-order valence-electron chi connectivity index (χ3n) is 3.13. The van der Waals surface area contributed by atoms with Gasteiger partial charge in [-0.05, 0) is 36.4 Å². The average molecular weight is 344 g/mol. The molecule has 0 unspecified atom stereocenters. The molecule has 1 amide bonds. The quantitative estimate of drug-likeness (QED) is 0.624. The van der Waals surface area contributed by atoms with Crippen LogP contribution in [0.2, 0.25) is 5.02 Å². The van der Waals surface area contributed by atoms with Crippen LogP contribution in [0.1, 0.15) is 16.3 Å². The number of halogens is 1. The maximum absolute atomic E-state index is 12.2. The van der Waals surface area contributed by atoms with Gasteiger partial charge >= 0.3 is 0 Å². The number of thioether (sulfide) groups is 1. The molecule has 1 N–H and O–H groups in total. The van der Waals surface area contributed by atoms with Crippen LogP contribution in [-0.2, 0) is 5.75 Å². The van der Waals surface area contributed by atoms with Crippen LogP contribution in [-0.4, -0.2) is 5.91 Å². The summed E-state index contributed by atoms with van der Waals surface area (Å²) in [7, 11) is 0. The van der Waals surface area contributed by atoms with Gasteiger partial charge in [-0.15, -0.1) is 11.8 Å². The van der Waals surface area contributed by atoms with Crippen molar-refractivity contribution >= 4 is 35.0 Å². The largest absolute Gasteiger partial charge is 0.455 e. The van der Waals surface area contributed by atoms with Crippen molar-refractivity contribution in [2.45, 2.75) is 10.6 Å². The zero-order valence-corrected chi connectivity index (χ0v) is 13.7. The highest BCUT2D eigenvalue weighted by atomic mass is 35.5. The molecule has 116 valence electrons. The van der Waals surface area contributed by atoms with Gasteiger partial charge in [0.2, 0.25) is 0 Å². The summed E-state index contributed by atoms with van der Waals surface area (Å²) in [5.41, 5.74) is 0.566. The van der Waals surface area contributed by atoms with Gasteiger partial charge in [0.15, 0.2) is 5.76 Å². The zero-order valence-electron chi connectivity index (χ0n) is 12.2. The lowest BCUT2D eigenvalue weighted by atomic mass is 10.3. The van der Waals surface area contributed by atoms with Crippen LogP contribution < -0.4 is 5.32 Å². The first-order valence-electron chi connectivity index (χ1n) is 7.05. The Kier molecular flexibility index (Phi) is 5.05. The molecule has 3 aromatic rings. The predicted molar refractivity (Wildman–Crippen MR) is 94.1 cm³/mol. The molecule has 0 spiro atoms. The molecule has 0 aliphatic heterocycles. The second-order valence-corrected chi connectivity index (χ2v) is 6.26. The van der Waals surface area contributed by atoms with Crippen molar-refractivity contribution in [2.75, 3.05) is 5.32 Å². The SMILES string of the molecule is O=C(Nc1ccccc1Cl)c1ccc(CSc2ccccc2)o1. The minimum Gasteiger partial charge on any atom is -0.455 e. The fraction of sp³-hybridized carbons (Fsp3) is 0.0556. The molecule has 3 nitrogen and oxygen atoms in total. The minimum absolute atomic E-state index is 0.272. The number of anilines is 1. The van der Waals surface area contributed by atoms with Gasteiger partial charge in [0.05, 0.1) is 16.5 Å². The fourth-order valence-corrected chi connectivity index (χ4v) is 2.99. The first-order valence-corrected chi connectivity index (χ1v) is 8.41. The summed E-state index contributed by atoms with van der Waals surface area (Å²) in [6.45, 7) is 0. The summed E-state index contributed by atoms with van der Waals surface area (Å²) in [4.78, 5) is 13.3. The topological polar surface area (TPSA) is 42.2 Å². The van der Waals surface area contributed by atoms with E-state index >= 15 is 0 Å². The van der Waals surface area contributed by atoms with Gasteiger partial charge in [0.25, 0.3) is 5.91 Å². The minimum atomic E-state index is -0.311. The van der Waals surface area contributed by atoms with Gasteiger partial charge in [-0.1, -0.05) is 41.9 Å². The molecule has 0 aliphatic rings. The van der Waals surface area contributed by atoms with E-state index in [9.17, 15) is 4.79 Å². The zero-order chi connectivity index (χ0) is 16.1. The summed E-state index contributed by atoms with van der Waals surface area (Å²) in [6.07, 6.45) is 0. The predicted octanol–water partition coefficient (Wildman–Crippen LogP) is 5.48. The van der Waals surface area contributed by atoms with Crippen LogP contribution in [0.4, 0.5) is 5.69 Å². The molecule has 0 aliphatic carbocycles. The lowest BCUT2D eigenvalue weighted by molar-refractivity contribution is 0.0995. The number of para-hydroxylation sites is 1. The Balaban J connectivity index is 1.62. The van der Waals surface area contributed by atoms with E-state index in [1.54, 1.807) is 30.0 Å². The Morgan fingerprint density at radius 1 is 1.00 bits per heavy atom. The molecule has 0 saturated heterocycles. The second kappa shape index (κ2) is 7.40. The smallest absolute Gasteiger partial charge is 0.291 e. The Morgan fingerprint density at radius 2 is 1.74 bits per heavy atom. The molecule has 0 fully saturated rings. The molecular weight excluding hydrogens is 330 g/mol. The second-order valence-electron chi connectivity index (χ2n) is 4.80. The Morgan fingerprint density at radius 3 is 2.52 bits per heavy atom. The molecular formula is C18H14ClNO2S. The number of carbonyl (C=O) groups excluding carboxylic acids is 1. The van der Waals surface area contributed by atoms with E-state index in [4.69, 9.17) is 16.0 Å². The van der Waals surface area contributed by atoms with E-state index in [0.29, 0.717) is 16.5 Å². The van der Waals surface area contributed by atoms with Gasteiger partial charge in [-0.25, -0.2) is 0 Å². The number of carbonyl (C=O) groups is 1. The van der Waals surface area contributed by atoms with Crippen LogP contribution in [0, 0.1) is 0 Å². The highest BCUT2D eigenvalue weighted by Gasteiger charge is 2.13. The number of amides is 1. The molecule has 0 radical (unpaired) electrons. The molecule has 5 heteroatoms. The summed E-state index contributed by atoms with van der Waals surface area (Å²) in [5.74, 6) is 1.38. The van der Waals surface area contributed by atoms with Gasteiger partial charge in [0, 0.05) is 4.90 Å². The third kappa shape index (κ3) is 4.18. The van der Waals surface area contributed by atoms with Crippen molar-refractivity contribution in [3.05, 3.63) is 83.3 Å². The summed E-state index contributed by atoms with van der Waals surface area (Å²) < 4.78 is 5.60. The van der Waals surface area contributed by atoms with Gasteiger partial charge in [0.1, 0.15) is 5.76 Å². The highest BCUT2D eigenvalue weighted by Crippen LogP contribution is 2.25. The summed E-state index contributed by atoms with van der Waals surface area (Å²) >= 11 is 7.69. The molecule has 1 aromatic heterocycles. The normalized spacial score (nSPS) is 10.5. The van der Waals surface area contributed by atoms with E-state index < -0.39 is 0 Å². The molecule has 0 saturated carbocycles. The van der Waals surface area contributed by atoms with Crippen molar-refractivity contribution in [1.29, 1.82) is 0 Å². The van der Waals surface area contributed by atoms with Crippen molar-refractivity contribution in [3.63, 3.8) is 0 Å². The molecule has 3 rings (SSSR count). The number of rotatable bonds is 5. The number of hydrogen-bond donors (Lipinski definition) is 1. The molecule has 0 atom stereocenters. The van der Waals surface area contributed by atoms with Crippen molar-refractivity contribution in [1.82, 2.24) is 0 Å². The van der Waals surface area contributed by atoms with Crippen molar-refractivity contribution in [2.24, 2.45) is 0 Å². The van der Waals surface area contributed by atoms with E-state index in [0.717, 1.165) is 10.7 Å². The lowest BCUT2D eigenvalue weighted by Gasteiger charge is -2.04. The summed E-state index contributed by atoms with van der Waals surface area (Å²) in [6, 6.07) is 20.6. The van der Waals surface area contributed by atoms with Crippen LogP contribution in [0.15, 0.2) is 76.0 Å². The maximum atomic E-state index is 12.2. The Bertz CT molecular complexity index is 802. The fourth-order valence-electron chi connectivity index (χ4n) is 2.00. The number of benzene rings is 2. The monoisotopic (exact) mass is 343 g/mol. The van der Waals surface area contributed by atoms with Gasteiger partial charge in [-0.3, -0.25) is 4.79 Å². The van der Waals surface area contributed by atoms with Crippen molar-refractivity contribution in [3.8, 4) is 0 Å². The van der Waals surface area contributed by atoms with Crippen LogP contribution in [0.25, 0.3) is 0 Å². The van der Waals surface area contributed by atoms with E-state index in [1.807, 2.05) is 48.5 Å². The Hall–Kier alpha value is -2.17. The van der Waals surface area contributed by atoms with Crippen LogP contribution in [0.3, 0.4) is 0 Å². The average Bonchev–Trinajstić information content (AvgIpc) is 3.05. The Labute approximate surface area is 143 Å². The lowest BCUT2D eigenvalue weighted by Crippen LogP contribution is -2.11. The molecule has 23 heavy (non-hydrogen) atoms. The first kappa shape index (κ1) is 15.7. The van der Waals surface area contributed by atoms with Crippen molar-refractivity contribution < 1.29 is 9.21 Å². The first-order chi connectivity index (χ1) is 11.2.